The van der Waals surface area contributed by atoms with Crippen LogP contribution < -0.4 is 0 Å². The summed E-state index contributed by atoms with van der Waals surface area (Å²) in [5.41, 5.74) is 0.713. The number of aliphatic hydroxyl groups excluding tert-OH is 1. The third kappa shape index (κ3) is 2.71. The van der Waals surface area contributed by atoms with E-state index in [0.29, 0.717) is 24.3 Å². The molecule has 1 atom stereocenters. The average molecular weight is 247 g/mol. The molecule has 0 radical (unpaired) electrons. The molecule has 2 rings (SSSR count). The van der Waals surface area contributed by atoms with Crippen LogP contribution in [0.15, 0.2) is 34.7 Å². The van der Waals surface area contributed by atoms with E-state index in [9.17, 15) is 9.90 Å². The lowest BCUT2D eigenvalue weighted by atomic mass is 10.2. The van der Waals surface area contributed by atoms with E-state index in [1.807, 2.05) is 24.3 Å². The van der Waals surface area contributed by atoms with Crippen molar-refractivity contribution < 1.29 is 14.3 Å². The van der Waals surface area contributed by atoms with Gasteiger partial charge in [0.1, 0.15) is 5.58 Å². The van der Waals surface area contributed by atoms with E-state index in [0.717, 1.165) is 5.39 Å². The van der Waals surface area contributed by atoms with Crippen molar-refractivity contribution in [1.29, 1.82) is 0 Å². The van der Waals surface area contributed by atoms with Crippen LogP contribution in [0.1, 0.15) is 23.9 Å². The van der Waals surface area contributed by atoms with E-state index in [2.05, 4.69) is 0 Å². The number of furan rings is 1. The molecule has 2 aromatic rings. The standard InChI is InChI=1S/C14H17NO3/c1-10(16)7-8-15(2)14(17)13-9-11-5-3-4-6-12(11)18-13/h3-6,9-10,16H,7-8H2,1-2H3. The zero-order valence-electron chi connectivity index (χ0n) is 10.6. The molecule has 0 bridgehead atoms. The van der Waals surface area contributed by atoms with Gasteiger partial charge in [0.05, 0.1) is 6.10 Å². The second kappa shape index (κ2) is 5.23. The van der Waals surface area contributed by atoms with E-state index in [1.165, 1.54) is 0 Å². The molecule has 0 spiro atoms. The lowest BCUT2D eigenvalue weighted by molar-refractivity contribution is 0.0740. The molecule has 1 N–H and O–H groups in total. The summed E-state index contributed by atoms with van der Waals surface area (Å²) in [7, 11) is 1.71. The monoisotopic (exact) mass is 247 g/mol. The quantitative estimate of drug-likeness (QED) is 0.901. The molecule has 0 aliphatic carbocycles. The van der Waals surface area contributed by atoms with E-state index >= 15 is 0 Å². The Morgan fingerprint density at radius 1 is 1.44 bits per heavy atom. The number of fused-ring (bicyclic) bond motifs is 1. The number of carbonyl (C=O) groups excluding carboxylic acids is 1. The SMILES string of the molecule is CC(O)CCN(C)C(=O)c1cc2ccccc2o1. The fourth-order valence-corrected chi connectivity index (χ4v) is 1.76. The Hall–Kier alpha value is -1.81. The Labute approximate surface area is 106 Å². The van der Waals surface area contributed by atoms with Crippen molar-refractivity contribution in [2.75, 3.05) is 13.6 Å². The number of rotatable bonds is 4. The molecular formula is C14H17NO3. The molecule has 0 aliphatic rings. The topological polar surface area (TPSA) is 53.7 Å². The van der Waals surface area contributed by atoms with Crippen molar-refractivity contribution >= 4 is 16.9 Å². The number of para-hydroxylation sites is 1. The highest BCUT2D eigenvalue weighted by Gasteiger charge is 2.16. The van der Waals surface area contributed by atoms with Crippen molar-refractivity contribution in [3.8, 4) is 0 Å². The van der Waals surface area contributed by atoms with Crippen LogP contribution in [0.4, 0.5) is 0 Å². The van der Waals surface area contributed by atoms with Crippen molar-refractivity contribution in [2.45, 2.75) is 19.4 Å². The largest absolute Gasteiger partial charge is 0.451 e. The van der Waals surface area contributed by atoms with Gasteiger partial charge >= 0.3 is 0 Å². The van der Waals surface area contributed by atoms with Crippen molar-refractivity contribution in [2.24, 2.45) is 0 Å². The summed E-state index contributed by atoms with van der Waals surface area (Å²) in [6.45, 7) is 2.22. The fraction of sp³-hybridized carbons (Fsp3) is 0.357. The highest BCUT2D eigenvalue weighted by molar-refractivity contribution is 5.95. The lowest BCUT2D eigenvalue weighted by Gasteiger charge is -2.16. The Kier molecular flexibility index (Phi) is 3.67. The van der Waals surface area contributed by atoms with Gasteiger partial charge in [0, 0.05) is 19.0 Å². The Morgan fingerprint density at radius 3 is 2.83 bits per heavy atom. The normalized spacial score (nSPS) is 12.6. The van der Waals surface area contributed by atoms with Gasteiger partial charge in [-0.3, -0.25) is 4.79 Å². The van der Waals surface area contributed by atoms with Crippen LogP contribution in [-0.4, -0.2) is 35.6 Å². The summed E-state index contributed by atoms with van der Waals surface area (Å²) < 4.78 is 5.50. The number of hydrogen-bond donors (Lipinski definition) is 1. The van der Waals surface area contributed by atoms with E-state index in [-0.39, 0.29) is 5.91 Å². The maximum absolute atomic E-state index is 12.1. The van der Waals surface area contributed by atoms with Crippen LogP contribution in [0.5, 0.6) is 0 Å². The summed E-state index contributed by atoms with van der Waals surface area (Å²) in [5.74, 6) is 0.177. The smallest absolute Gasteiger partial charge is 0.289 e. The minimum atomic E-state index is -0.407. The first kappa shape index (κ1) is 12.6. The summed E-state index contributed by atoms with van der Waals surface area (Å²) >= 11 is 0. The second-order valence-electron chi connectivity index (χ2n) is 4.51. The zero-order chi connectivity index (χ0) is 13.1. The van der Waals surface area contributed by atoms with Crippen LogP contribution in [0.3, 0.4) is 0 Å². The maximum atomic E-state index is 12.1. The lowest BCUT2D eigenvalue weighted by Crippen LogP contribution is -2.29. The molecule has 1 amide bonds. The molecule has 0 saturated carbocycles. The first-order valence-electron chi connectivity index (χ1n) is 6.00. The van der Waals surface area contributed by atoms with Crippen molar-refractivity contribution in [1.82, 2.24) is 4.90 Å². The third-order valence-corrected chi connectivity index (χ3v) is 2.87. The van der Waals surface area contributed by atoms with Gasteiger partial charge in [-0.15, -0.1) is 0 Å². The first-order chi connectivity index (χ1) is 8.58. The molecular weight excluding hydrogens is 230 g/mol. The summed E-state index contributed by atoms with van der Waals surface area (Å²) in [5, 5.41) is 10.1. The van der Waals surface area contributed by atoms with Gasteiger partial charge in [0.2, 0.25) is 0 Å². The molecule has 1 heterocycles. The van der Waals surface area contributed by atoms with Gasteiger partial charge in [-0.05, 0) is 25.5 Å². The summed E-state index contributed by atoms with van der Waals surface area (Å²) in [4.78, 5) is 13.6. The van der Waals surface area contributed by atoms with Crippen molar-refractivity contribution in [3.63, 3.8) is 0 Å². The number of aliphatic hydroxyl groups is 1. The summed E-state index contributed by atoms with van der Waals surface area (Å²) in [6.07, 6.45) is 0.151. The molecule has 96 valence electrons. The third-order valence-electron chi connectivity index (χ3n) is 2.87. The molecule has 18 heavy (non-hydrogen) atoms. The summed E-state index contributed by atoms with van der Waals surface area (Å²) in [6, 6.07) is 9.27. The Balaban J connectivity index is 2.12. The molecule has 1 aromatic heterocycles. The predicted octanol–water partition coefficient (Wildman–Crippen LogP) is 2.28. The van der Waals surface area contributed by atoms with E-state index in [1.54, 1.807) is 24.9 Å². The Bertz CT molecular complexity index is 512. The highest BCUT2D eigenvalue weighted by Crippen LogP contribution is 2.19. The Morgan fingerprint density at radius 2 is 2.17 bits per heavy atom. The maximum Gasteiger partial charge on any atom is 0.289 e. The van der Waals surface area contributed by atoms with Gasteiger partial charge in [0.25, 0.3) is 5.91 Å². The molecule has 0 saturated heterocycles. The average Bonchev–Trinajstić information content (AvgIpc) is 2.78. The van der Waals surface area contributed by atoms with Gasteiger partial charge in [-0.2, -0.15) is 0 Å². The van der Waals surface area contributed by atoms with Crippen LogP contribution in [0.2, 0.25) is 0 Å². The number of hydrogen-bond acceptors (Lipinski definition) is 3. The molecule has 0 aliphatic heterocycles. The van der Waals surface area contributed by atoms with E-state index < -0.39 is 6.10 Å². The van der Waals surface area contributed by atoms with Crippen LogP contribution in [0, 0.1) is 0 Å². The molecule has 4 heteroatoms. The minimum Gasteiger partial charge on any atom is -0.451 e. The van der Waals surface area contributed by atoms with Crippen LogP contribution >= 0.6 is 0 Å². The molecule has 1 unspecified atom stereocenters. The second-order valence-corrected chi connectivity index (χ2v) is 4.51. The fourth-order valence-electron chi connectivity index (χ4n) is 1.76. The molecule has 1 aromatic carbocycles. The minimum absolute atomic E-state index is 0.160. The molecule has 0 fully saturated rings. The van der Waals surface area contributed by atoms with Crippen molar-refractivity contribution in [3.05, 3.63) is 36.1 Å². The first-order valence-corrected chi connectivity index (χ1v) is 6.00. The molecule has 4 nitrogen and oxygen atoms in total. The van der Waals surface area contributed by atoms with Gasteiger partial charge in [-0.1, -0.05) is 18.2 Å². The number of amides is 1. The van der Waals surface area contributed by atoms with Crippen LogP contribution in [0.25, 0.3) is 11.0 Å². The highest BCUT2D eigenvalue weighted by atomic mass is 16.3. The number of carbonyl (C=O) groups is 1. The van der Waals surface area contributed by atoms with E-state index in [4.69, 9.17) is 4.42 Å². The number of nitrogens with zero attached hydrogens (tertiary/aromatic N) is 1. The van der Waals surface area contributed by atoms with Gasteiger partial charge in [0.15, 0.2) is 5.76 Å². The van der Waals surface area contributed by atoms with Crippen LogP contribution in [-0.2, 0) is 0 Å². The number of benzene rings is 1. The predicted molar refractivity (Wildman–Crippen MR) is 69.5 cm³/mol. The van der Waals surface area contributed by atoms with Gasteiger partial charge in [-0.25, -0.2) is 0 Å². The van der Waals surface area contributed by atoms with Gasteiger partial charge < -0.3 is 14.4 Å². The zero-order valence-corrected chi connectivity index (χ0v) is 10.6.